The Morgan fingerprint density at radius 3 is 2.55 bits per heavy atom. The Hall–Kier alpha value is -4.86. The molecule has 4 aromatic rings. The normalized spacial score (nSPS) is 21.1. The number of ether oxygens (including phenoxy) is 1. The van der Waals surface area contributed by atoms with Crippen molar-refractivity contribution in [1.82, 2.24) is 34.9 Å². The van der Waals surface area contributed by atoms with Gasteiger partial charge >= 0.3 is 0 Å². The second kappa shape index (κ2) is 13.1. The van der Waals surface area contributed by atoms with Crippen LogP contribution in [0.25, 0.3) is 22.3 Å². The number of nitrogens with one attached hydrogen (secondary N) is 1. The molecule has 2 fully saturated rings. The van der Waals surface area contributed by atoms with Gasteiger partial charge < -0.3 is 20.7 Å². The summed E-state index contributed by atoms with van der Waals surface area (Å²) in [6.45, 7) is 10.8. The van der Waals surface area contributed by atoms with Crippen LogP contribution in [0.1, 0.15) is 46.6 Å². The number of anilines is 1. The molecule has 244 valence electrons. The molecule has 2 aliphatic heterocycles. The van der Waals surface area contributed by atoms with Crippen molar-refractivity contribution in [3.05, 3.63) is 72.3 Å². The van der Waals surface area contributed by atoms with E-state index in [0.717, 1.165) is 13.1 Å². The Labute approximate surface area is 273 Å². The van der Waals surface area contributed by atoms with Crippen molar-refractivity contribution in [1.29, 1.82) is 5.26 Å². The zero-order valence-corrected chi connectivity index (χ0v) is 27.2. The summed E-state index contributed by atoms with van der Waals surface area (Å²) in [6, 6.07) is 16.2. The Bertz CT molecular complexity index is 1840. The number of nitrogens with two attached hydrogens (primary N) is 1. The van der Waals surface area contributed by atoms with Crippen LogP contribution >= 0.6 is 0 Å². The van der Waals surface area contributed by atoms with Crippen molar-refractivity contribution in [3.8, 4) is 28.8 Å². The monoisotopic (exact) mass is 637 g/mol. The summed E-state index contributed by atoms with van der Waals surface area (Å²) >= 11 is 0. The molecular formula is C35H40FN9O2. The van der Waals surface area contributed by atoms with Crippen molar-refractivity contribution in [2.45, 2.75) is 64.2 Å². The molecule has 0 saturated carbocycles. The van der Waals surface area contributed by atoms with Crippen LogP contribution in [0.4, 0.5) is 10.2 Å². The standard InChI is InChI=1S/C35H40FN9O2/c1-22-18-44(19-23(2)41-22)35(3,4)16-24(17-37)34(46)43-14-8-9-25(20-43)45-33-30(32(38)39-21-40-33)31(42-45)28-13-12-27(15-29(28)36)47-26-10-6-5-7-11-26/h5-7,10-13,15-16,21-23,25,41H,8-9,14,18-20H2,1-4H3,(H2,38,39,40)/b24-16-/t22-,23+,25-/m0/s1. The smallest absolute Gasteiger partial charge is 0.264 e. The molecule has 2 aromatic heterocycles. The number of aromatic nitrogens is 4. The Balaban J connectivity index is 1.27. The summed E-state index contributed by atoms with van der Waals surface area (Å²) in [4.78, 5) is 26.5. The van der Waals surface area contributed by atoms with Crippen molar-refractivity contribution < 1.29 is 13.9 Å². The average Bonchev–Trinajstić information content (AvgIpc) is 3.44. The van der Waals surface area contributed by atoms with E-state index in [-0.39, 0.29) is 28.9 Å². The van der Waals surface area contributed by atoms with Crippen molar-refractivity contribution >= 4 is 22.8 Å². The number of carbonyl (C=O) groups excluding carboxylic acids is 1. The quantitative estimate of drug-likeness (QED) is 0.210. The first-order valence-corrected chi connectivity index (χ1v) is 16.0. The fraction of sp³-hybridized carbons (Fsp3) is 0.400. The van der Waals surface area contributed by atoms with Gasteiger partial charge in [-0.15, -0.1) is 0 Å². The molecule has 6 rings (SSSR count). The van der Waals surface area contributed by atoms with E-state index in [0.29, 0.717) is 66.2 Å². The summed E-state index contributed by atoms with van der Waals surface area (Å²) in [7, 11) is 0. The van der Waals surface area contributed by atoms with Crippen LogP contribution in [0.3, 0.4) is 0 Å². The van der Waals surface area contributed by atoms with Gasteiger partial charge in [-0.25, -0.2) is 19.0 Å². The molecule has 2 aliphatic rings. The van der Waals surface area contributed by atoms with Gasteiger partial charge in [-0.3, -0.25) is 9.69 Å². The largest absolute Gasteiger partial charge is 0.457 e. The number of fused-ring (bicyclic) bond motifs is 1. The number of para-hydroxylation sites is 1. The lowest BCUT2D eigenvalue weighted by Gasteiger charge is -2.44. The Kier molecular flexibility index (Phi) is 8.94. The van der Waals surface area contributed by atoms with E-state index in [2.05, 4.69) is 40.1 Å². The number of nitriles is 1. The molecule has 0 spiro atoms. The maximum Gasteiger partial charge on any atom is 0.264 e. The van der Waals surface area contributed by atoms with Crippen LogP contribution in [0.5, 0.6) is 11.5 Å². The van der Waals surface area contributed by atoms with Crippen molar-refractivity contribution in [2.75, 3.05) is 31.9 Å². The molecule has 0 radical (unpaired) electrons. The lowest BCUT2D eigenvalue weighted by Crippen LogP contribution is -2.59. The number of hydrogen-bond donors (Lipinski definition) is 2. The molecule has 3 N–H and O–H groups in total. The number of amides is 1. The van der Waals surface area contributed by atoms with Crippen LogP contribution < -0.4 is 15.8 Å². The fourth-order valence-corrected chi connectivity index (χ4v) is 6.71. The number of likely N-dealkylation sites (tertiary alicyclic amines) is 1. The number of nitrogen functional groups attached to an aromatic ring is 1. The summed E-state index contributed by atoms with van der Waals surface area (Å²) < 4.78 is 23.2. The summed E-state index contributed by atoms with van der Waals surface area (Å²) in [5.74, 6) is 0.268. The number of hydrogen-bond acceptors (Lipinski definition) is 9. The molecule has 2 aromatic carbocycles. The van der Waals surface area contributed by atoms with Gasteiger partial charge in [-0.05, 0) is 70.9 Å². The molecule has 4 heterocycles. The third-order valence-electron chi connectivity index (χ3n) is 8.94. The second-order valence-corrected chi connectivity index (χ2v) is 13.1. The van der Waals surface area contributed by atoms with Gasteiger partial charge in [0, 0.05) is 55.4 Å². The zero-order chi connectivity index (χ0) is 33.3. The lowest BCUT2D eigenvalue weighted by atomic mass is 9.95. The fourth-order valence-electron chi connectivity index (χ4n) is 6.71. The number of rotatable bonds is 7. The molecule has 0 aliphatic carbocycles. The van der Waals surface area contributed by atoms with Crippen LogP contribution in [0.2, 0.25) is 0 Å². The highest BCUT2D eigenvalue weighted by Crippen LogP contribution is 2.36. The Morgan fingerprint density at radius 1 is 1.11 bits per heavy atom. The highest BCUT2D eigenvalue weighted by molar-refractivity contribution is 5.99. The number of piperidine rings is 1. The first-order chi connectivity index (χ1) is 22.5. The topological polar surface area (TPSA) is 138 Å². The number of nitrogens with zero attached hydrogens (tertiary/aromatic N) is 7. The van der Waals surface area contributed by atoms with E-state index in [1.54, 1.807) is 39.9 Å². The minimum absolute atomic E-state index is 0.118. The second-order valence-electron chi connectivity index (χ2n) is 13.1. The zero-order valence-electron chi connectivity index (χ0n) is 27.2. The molecule has 3 atom stereocenters. The maximum absolute atomic E-state index is 15.7. The van der Waals surface area contributed by atoms with E-state index < -0.39 is 11.4 Å². The van der Waals surface area contributed by atoms with Gasteiger partial charge in [-0.1, -0.05) is 18.2 Å². The highest BCUT2D eigenvalue weighted by atomic mass is 19.1. The molecule has 47 heavy (non-hydrogen) atoms. The van der Waals surface area contributed by atoms with E-state index in [1.807, 2.05) is 32.0 Å². The minimum atomic E-state index is -0.534. The number of carbonyl (C=O) groups is 1. The van der Waals surface area contributed by atoms with E-state index in [9.17, 15) is 10.1 Å². The first-order valence-electron chi connectivity index (χ1n) is 16.0. The number of halogens is 1. The third-order valence-corrected chi connectivity index (χ3v) is 8.94. The molecule has 0 bridgehead atoms. The molecular weight excluding hydrogens is 597 g/mol. The van der Waals surface area contributed by atoms with Gasteiger partial charge in [-0.2, -0.15) is 10.4 Å². The van der Waals surface area contributed by atoms with Gasteiger partial charge in [0.2, 0.25) is 0 Å². The summed E-state index contributed by atoms with van der Waals surface area (Å²) in [6.07, 6.45) is 4.56. The molecule has 2 saturated heterocycles. The molecule has 11 nitrogen and oxygen atoms in total. The maximum atomic E-state index is 15.7. The summed E-state index contributed by atoms with van der Waals surface area (Å²) in [5, 5.41) is 18.9. The van der Waals surface area contributed by atoms with Crippen LogP contribution in [-0.4, -0.2) is 79.3 Å². The SMILES string of the molecule is C[C@@H]1CN(C(C)(C)/C=C(/C#N)C(=O)N2CCC[C@H](n3nc(-c4ccc(Oc5ccccc5)cc4F)c4c(N)ncnc43)C2)C[C@H](C)N1. The summed E-state index contributed by atoms with van der Waals surface area (Å²) in [5.41, 5.74) is 6.94. The Morgan fingerprint density at radius 2 is 1.85 bits per heavy atom. The van der Waals surface area contributed by atoms with Gasteiger partial charge in [0.05, 0.1) is 11.4 Å². The van der Waals surface area contributed by atoms with Crippen molar-refractivity contribution in [3.63, 3.8) is 0 Å². The van der Waals surface area contributed by atoms with Crippen LogP contribution in [0, 0.1) is 17.1 Å². The average molecular weight is 638 g/mol. The first kappa shape index (κ1) is 32.1. The van der Waals surface area contributed by atoms with Crippen molar-refractivity contribution in [2.24, 2.45) is 0 Å². The van der Waals surface area contributed by atoms with Gasteiger partial charge in [0.15, 0.2) is 5.65 Å². The van der Waals surface area contributed by atoms with Crippen LogP contribution in [-0.2, 0) is 4.79 Å². The molecule has 12 heteroatoms. The van der Waals surface area contributed by atoms with E-state index in [4.69, 9.17) is 15.6 Å². The number of piperazine rings is 1. The van der Waals surface area contributed by atoms with E-state index in [1.165, 1.54) is 12.4 Å². The minimum Gasteiger partial charge on any atom is -0.457 e. The predicted octanol–water partition coefficient (Wildman–Crippen LogP) is 5.08. The van der Waals surface area contributed by atoms with Crippen LogP contribution in [0.15, 0.2) is 66.5 Å². The van der Waals surface area contributed by atoms with Gasteiger partial charge in [0.25, 0.3) is 5.91 Å². The number of benzene rings is 2. The molecule has 0 unspecified atom stereocenters. The lowest BCUT2D eigenvalue weighted by molar-refractivity contribution is -0.128. The third kappa shape index (κ3) is 6.68. The highest BCUT2D eigenvalue weighted by Gasteiger charge is 2.34. The predicted molar refractivity (Wildman–Crippen MR) is 178 cm³/mol. The van der Waals surface area contributed by atoms with Gasteiger partial charge in [0.1, 0.15) is 46.8 Å². The van der Waals surface area contributed by atoms with E-state index >= 15 is 4.39 Å². The molecule has 1 amide bonds.